The van der Waals surface area contributed by atoms with Gasteiger partial charge in [0, 0.05) is 11.5 Å². The molecule has 1 rings (SSSR count). The van der Waals surface area contributed by atoms with Crippen molar-refractivity contribution in [3.63, 3.8) is 0 Å². The van der Waals surface area contributed by atoms with Crippen LogP contribution in [0.2, 0.25) is 0 Å². The summed E-state index contributed by atoms with van der Waals surface area (Å²) < 4.78 is 4.94. The van der Waals surface area contributed by atoms with E-state index in [1.807, 2.05) is 31.2 Å². The van der Waals surface area contributed by atoms with Gasteiger partial charge in [-0.05, 0) is 25.3 Å². The number of ether oxygens (including phenoxy) is 1. The second kappa shape index (κ2) is 7.00. The van der Waals surface area contributed by atoms with Crippen molar-refractivity contribution in [2.45, 2.75) is 39.0 Å². The molecule has 0 aliphatic rings. The highest BCUT2D eigenvalue weighted by Crippen LogP contribution is 2.33. The molecule has 0 amide bonds. The molecule has 0 unspecified atom stereocenters. The molecule has 1 aromatic rings. The van der Waals surface area contributed by atoms with Crippen LogP contribution in [0.15, 0.2) is 42.5 Å². The summed E-state index contributed by atoms with van der Waals surface area (Å²) in [6.45, 7) is 6.52. The van der Waals surface area contributed by atoms with E-state index in [1.54, 1.807) is 6.08 Å². The van der Waals surface area contributed by atoms with E-state index in [0.717, 1.165) is 12.8 Å². The van der Waals surface area contributed by atoms with Gasteiger partial charge in [0.2, 0.25) is 0 Å². The number of allylic oxidation sites excluding steroid dienone is 1. The van der Waals surface area contributed by atoms with E-state index in [-0.39, 0.29) is 11.4 Å². The summed E-state index contributed by atoms with van der Waals surface area (Å²) in [4.78, 5) is 11.4. The van der Waals surface area contributed by atoms with E-state index in [4.69, 9.17) is 4.74 Å². The first-order chi connectivity index (χ1) is 8.68. The van der Waals surface area contributed by atoms with Gasteiger partial charge >= 0.3 is 5.97 Å². The van der Waals surface area contributed by atoms with Crippen LogP contribution in [0.1, 0.15) is 39.2 Å². The monoisotopic (exact) mass is 246 g/mol. The molecule has 0 saturated heterocycles. The molecule has 98 valence electrons. The maximum absolute atomic E-state index is 11.4. The maximum atomic E-state index is 11.4. The van der Waals surface area contributed by atoms with Crippen molar-refractivity contribution >= 4 is 5.97 Å². The predicted octanol–water partition coefficient (Wildman–Crippen LogP) is 3.86. The third-order valence-electron chi connectivity index (χ3n) is 3.44. The first-order valence-corrected chi connectivity index (χ1v) is 6.60. The van der Waals surface area contributed by atoms with Gasteiger partial charge in [0.15, 0.2) is 0 Å². The van der Waals surface area contributed by atoms with Gasteiger partial charge in [-0.1, -0.05) is 50.3 Å². The SMILES string of the molecule is CCOC(=O)C=CC(CC)(CC)c1ccccc1. The number of benzene rings is 1. The van der Waals surface area contributed by atoms with Gasteiger partial charge in [0.1, 0.15) is 0 Å². The van der Waals surface area contributed by atoms with Gasteiger partial charge in [0.05, 0.1) is 6.61 Å². The van der Waals surface area contributed by atoms with E-state index in [2.05, 4.69) is 26.0 Å². The van der Waals surface area contributed by atoms with Gasteiger partial charge in [0.25, 0.3) is 0 Å². The minimum absolute atomic E-state index is 0.0754. The third kappa shape index (κ3) is 3.46. The first-order valence-electron chi connectivity index (χ1n) is 6.60. The molecular formula is C16H22O2. The Hall–Kier alpha value is -1.57. The Labute approximate surface area is 110 Å². The zero-order chi connectivity index (χ0) is 13.4. The summed E-state index contributed by atoms with van der Waals surface area (Å²) in [6.07, 6.45) is 5.47. The molecule has 2 nitrogen and oxygen atoms in total. The summed E-state index contributed by atoms with van der Waals surface area (Å²) in [5.74, 6) is -0.264. The minimum atomic E-state index is -0.264. The normalized spacial score (nSPS) is 11.7. The second-order valence-corrected chi connectivity index (χ2v) is 4.31. The number of rotatable bonds is 6. The van der Waals surface area contributed by atoms with Gasteiger partial charge in [-0.3, -0.25) is 0 Å². The Kier molecular flexibility index (Phi) is 5.63. The predicted molar refractivity (Wildman–Crippen MR) is 74.5 cm³/mol. The highest BCUT2D eigenvalue weighted by Gasteiger charge is 2.25. The zero-order valence-corrected chi connectivity index (χ0v) is 11.5. The highest BCUT2D eigenvalue weighted by atomic mass is 16.5. The van der Waals surface area contributed by atoms with Crippen molar-refractivity contribution in [2.75, 3.05) is 6.61 Å². The Morgan fingerprint density at radius 1 is 1.17 bits per heavy atom. The molecule has 0 bridgehead atoms. The van der Waals surface area contributed by atoms with Crippen LogP contribution in [0.4, 0.5) is 0 Å². The zero-order valence-electron chi connectivity index (χ0n) is 11.5. The van der Waals surface area contributed by atoms with Crippen molar-refractivity contribution in [1.29, 1.82) is 0 Å². The largest absolute Gasteiger partial charge is 0.463 e. The van der Waals surface area contributed by atoms with Gasteiger partial charge in [-0.25, -0.2) is 4.79 Å². The molecule has 2 heteroatoms. The van der Waals surface area contributed by atoms with Crippen LogP contribution in [0.25, 0.3) is 0 Å². The Morgan fingerprint density at radius 3 is 2.28 bits per heavy atom. The lowest BCUT2D eigenvalue weighted by Crippen LogP contribution is -2.22. The lowest BCUT2D eigenvalue weighted by atomic mass is 9.75. The summed E-state index contributed by atoms with van der Waals surface area (Å²) in [7, 11) is 0. The molecule has 0 radical (unpaired) electrons. The molecule has 0 aliphatic heterocycles. The number of carbonyl (C=O) groups is 1. The van der Waals surface area contributed by atoms with Crippen LogP contribution < -0.4 is 0 Å². The first kappa shape index (κ1) is 14.5. The molecule has 0 saturated carbocycles. The second-order valence-electron chi connectivity index (χ2n) is 4.31. The third-order valence-corrected chi connectivity index (χ3v) is 3.44. The number of carbonyl (C=O) groups excluding carboxylic acids is 1. The Bertz CT molecular complexity index is 389. The quantitative estimate of drug-likeness (QED) is 0.562. The molecule has 0 aromatic heterocycles. The maximum Gasteiger partial charge on any atom is 0.330 e. The highest BCUT2D eigenvalue weighted by molar-refractivity contribution is 5.82. The van der Waals surface area contributed by atoms with E-state index in [1.165, 1.54) is 5.56 Å². The van der Waals surface area contributed by atoms with E-state index < -0.39 is 0 Å². The lowest BCUT2D eigenvalue weighted by Gasteiger charge is -2.28. The van der Waals surface area contributed by atoms with Crippen LogP contribution in [-0.2, 0) is 14.9 Å². The molecule has 0 fully saturated rings. The summed E-state index contributed by atoms with van der Waals surface area (Å²) in [5, 5.41) is 0. The van der Waals surface area contributed by atoms with Crippen molar-refractivity contribution in [2.24, 2.45) is 0 Å². The van der Waals surface area contributed by atoms with E-state index in [9.17, 15) is 4.79 Å². The van der Waals surface area contributed by atoms with Crippen LogP contribution in [0.3, 0.4) is 0 Å². The molecule has 0 heterocycles. The van der Waals surface area contributed by atoms with Gasteiger partial charge < -0.3 is 4.74 Å². The lowest BCUT2D eigenvalue weighted by molar-refractivity contribution is -0.137. The van der Waals surface area contributed by atoms with Crippen molar-refractivity contribution in [1.82, 2.24) is 0 Å². The van der Waals surface area contributed by atoms with E-state index in [0.29, 0.717) is 6.61 Å². The molecule has 0 N–H and O–H groups in total. The molecule has 1 aromatic carbocycles. The summed E-state index contributed by atoms with van der Waals surface area (Å²) in [5.41, 5.74) is 1.17. The van der Waals surface area contributed by atoms with Crippen molar-refractivity contribution < 1.29 is 9.53 Å². The smallest absolute Gasteiger partial charge is 0.330 e. The topological polar surface area (TPSA) is 26.3 Å². The fraction of sp³-hybridized carbons (Fsp3) is 0.438. The standard InChI is InChI=1S/C16H22O2/c1-4-16(5-2,13-12-15(17)18-6-3)14-10-8-7-9-11-14/h7-13H,4-6H2,1-3H3. The van der Waals surface area contributed by atoms with Gasteiger partial charge in [-0.15, -0.1) is 0 Å². The molecule has 0 spiro atoms. The molecule has 0 aliphatic carbocycles. The Morgan fingerprint density at radius 2 is 1.78 bits per heavy atom. The van der Waals surface area contributed by atoms with Crippen molar-refractivity contribution in [3.05, 3.63) is 48.0 Å². The number of hydrogen-bond donors (Lipinski definition) is 0. The summed E-state index contributed by atoms with van der Waals surface area (Å²) in [6, 6.07) is 10.3. The average molecular weight is 246 g/mol. The fourth-order valence-corrected chi connectivity index (χ4v) is 2.18. The molecule has 0 atom stereocenters. The Balaban J connectivity index is 2.98. The van der Waals surface area contributed by atoms with Gasteiger partial charge in [-0.2, -0.15) is 0 Å². The van der Waals surface area contributed by atoms with Crippen molar-refractivity contribution in [3.8, 4) is 0 Å². The van der Waals surface area contributed by atoms with Crippen LogP contribution in [-0.4, -0.2) is 12.6 Å². The van der Waals surface area contributed by atoms with E-state index >= 15 is 0 Å². The molecular weight excluding hydrogens is 224 g/mol. The van der Waals surface area contributed by atoms with Crippen LogP contribution >= 0.6 is 0 Å². The van der Waals surface area contributed by atoms with Crippen LogP contribution in [0.5, 0.6) is 0 Å². The number of hydrogen-bond acceptors (Lipinski definition) is 2. The average Bonchev–Trinajstić information content (AvgIpc) is 2.42. The fourth-order valence-electron chi connectivity index (χ4n) is 2.18. The molecule has 18 heavy (non-hydrogen) atoms. The van der Waals surface area contributed by atoms with Crippen LogP contribution in [0, 0.1) is 0 Å². The summed E-state index contributed by atoms with van der Waals surface area (Å²) >= 11 is 0. The number of esters is 1. The minimum Gasteiger partial charge on any atom is -0.463 e.